The van der Waals surface area contributed by atoms with E-state index in [0.29, 0.717) is 5.56 Å². The van der Waals surface area contributed by atoms with E-state index >= 15 is 0 Å². The molecule has 0 saturated heterocycles. The average molecular weight is 295 g/mol. The zero-order valence-corrected chi connectivity index (χ0v) is 11.1. The molecule has 2 aromatic carbocycles. The molecule has 0 atom stereocenters. The minimum Gasteiger partial charge on any atom is -0.465 e. The van der Waals surface area contributed by atoms with Gasteiger partial charge in [0.15, 0.2) is 0 Å². The monoisotopic (exact) mass is 295 g/mol. The first-order chi connectivity index (χ1) is 9.86. The van der Waals surface area contributed by atoms with Crippen LogP contribution in [0.5, 0.6) is 0 Å². The fourth-order valence-electron chi connectivity index (χ4n) is 2.09. The number of nitrogens with two attached hydrogens (primary N) is 1. The number of benzene rings is 2. The first kappa shape index (κ1) is 14.9. The van der Waals surface area contributed by atoms with Gasteiger partial charge >= 0.3 is 12.1 Å². The number of methoxy groups -OCH3 is 1. The van der Waals surface area contributed by atoms with Gasteiger partial charge < -0.3 is 10.5 Å². The summed E-state index contributed by atoms with van der Waals surface area (Å²) >= 11 is 0. The van der Waals surface area contributed by atoms with E-state index in [4.69, 9.17) is 5.73 Å². The number of esters is 1. The van der Waals surface area contributed by atoms with E-state index in [0.717, 1.165) is 7.11 Å². The molecule has 0 unspecified atom stereocenters. The number of rotatable bonds is 2. The largest absolute Gasteiger partial charge is 0.465 e. The van der Waals surface area contributed by atoms with Gasteiger partial charge in [-0.05, 0) is 17.2 Å². The van der Waals surface area contributed by atoms with Crippen LogP contribution in [0.25, 0.3) is 11.1 Å². The Balaban J connectivity index is 2.81. The molecular formula is C15H12F3NO2. The highest BCUT2D eigenvalue weighted by Gasteiger charge is 2.39. The van der Waals surface area contributed by atoms with Gasteiger partial charge in [-0.25, -0.2) is 4.79 Å². The third-order valence-electron chi connectivity index (χ3n) is 3.00. The highest BCUT2D eigenvalue weighted by molar-refractivity contribution is 5.99. The summed E-state index contributed by atoms with van der Waals surface area (Å²) in [6.07, 6.45) is -4.73. The van der Waals surface area contributed by atoms with Crippen LogP contribution in [0.1, 0.15) is 15.9 Å². The molecule has 2 N–H and O–H groups in total. The second-order valence-electron chi connectivity index (χ2n) is 4.31. The zero-order chi connectivity index (χ0) is 15.6. The molecule has 0 saturated carbocycles. The molecule has 6 heteroatoms. The number of carbonyl (C=O) groups is 1. The van der Waals surface area contributed by atoms with E-state index < -0.39 is 23.3 Å². The lowest BCUT2D eigenvalue weighted by atomic mass is 9.93. The van der Waals surface area contributed by atoms with Crippen LogP contribution in [-0.2, 0) is 10.9 Å². The summed E-state index contributed by atoms with van der Waals surface area (Å²) in [6, 6.07) is 10.5. The number of nitrogen functional groups attached to an aromatic ring is 1. The number of alkyl halides is 3. The van der Waals surface area contributed by atoms with Gasteiger partial charge in [0.25, 0.3) is 0 Å². The third-order valence-corrected chi connectivity index (χ3v) is 3.00. The Bertz CT molecular complexity index is 667. The van der Waals surface area contributed by atoms with Crippen LogP contribution in [0.15, 0.2) is 42.5 Å². The van der Waals surface area contributed by atoms with Crippen LogP contribution in [-0.4, -0.2) is 13.1 Å². The molecular weight excluding hydrogens is 283 g/mol. The molecule has 0 heterocycles. The SMILES string of the molecule is COC(=O)c1c(N)ccc(-c2ccccc2)c1C(F)(F)F. The number of carbonyl (C=O) groups excluding carboxylic acids is 1. The number of hydrogen-bond donors (Lipinski definition) is 1. The average Bonchev–Trinajstić information content (AvgIpc) is 2.46. The molecule has 0 aromatic heterocycles. The Morgan fingerprint density at radius 3 is 2.24 bits per heavy atom. The molecule has 0 radical (unpaired) electrons. The molecule has 0 fully saturated rings. The Hall–Kier alpha value is -2.50. The lowest BCUT2D eigenvalue weighted by molar-refractivity contribution is -0.137. The summed E-state index contributed by atoms with van der Waals surface area (Å²) in [6.45, 7) is 0. The third kappa shape index (κ3) is 2.84. The Kier molecular flexibility index (Phi) is 3.88. The highest BCUT2D eigenvalue weighted by atomic mass is 19.4. The Morgan fingerprint density at radius 1 is 1.10 bits per heavy atom. The van der Waals surface area contributed by atoms with Gasteiger partial charge in [-0.3, -0.25) is 0 Å². The van der Waals surface area contributed by atoms with Crippen LogP contribution in [0.4, 0.5) is 18.9 Å². The first-order valence-electron chi connectivity index (χ1n) is 5.99. The number of halogens is 3. The van der Waals surface area contributed by atoms with Crippen molar-refractivity contribution in [3.8, 4) is 11.1 Å². The van der Waals surface area contributed by atoms with Crippen LogP contribution >= 0.6 is 0 Å². The van der Waals surface area contributed by atoms with Gasteiger partial charge in [0.2, 0.25) is 0 Å². The molecule has 0 aliphatic rings. The molecule has 2 rings (SSSR count). The summed E-state index contributed by atoms with van der Waals surface area (Å²) < 4.78 is 44.6. The van der Waals surface area contributed by atoms with Crippen molar-refractivity contribution < 1.29 is 22.7 Å². The minimum atomic E-state index is -4.73. The van der Waals surface area contributed by atoms with Crippen molar-refractivity contribution in [2.75, 3.05) is 12.8 Å². The van der Waals surface area contributed by atoms with Crippen LogP contribution < -0.4 is 5.73 Å². The van der Waals surface area contributed by atoms with Crippen molar-refractivity contribution in [3.05, 3.63) is 53.6 Å². The normalized spacial score (nSPS) is 11.2. The number of anilines is 1. The molecule has 0 aliphatic carbocycles. The lowest BCUT2D eigenvalue weighted by Gasteiger charge is -2.18. The molecule has 0 spiro atoms. The summed E-state index contributed by atoms with van der Waals surface area (Å²) in [7, 11) is 1.01. The predicted octanol–water partition coefficient (Wildman–Crippen LogP) is 3.74. The highest BCUT2D eigenvalue weighted by Crippen LogP contribution is 2.41. The van der Waals surface area contributed by atoms with E-state index in [1.54, 1.807) is 18.2 Å². The summed E-state index contributed by atoms with van der Waals surface area (Å²) in [5, 5.41) is 0. The molecule has 0 aliphatic heterocycles. The van der Waals surface area contributed by atoms with Gasteiger partial charge in [-0.2, -0.15) is 13.2 Å². The second-order valence-corrected chi connectivity index (χ2v) is 4.31. The Labute approximate surface area is 119 Å². The standard InChI is InChI=1S/C15H12F3NO2/c1-21-14(20)12-11(19)8-7-10(13(12)15(16,17)18)9-5-3-2-4-6-9/h2-8H,19H2,1H3. The van der Waals surface area contributed by atoms with Crippen molar-refractivity contribution in [2.45, 2.75) is 6.18 Å². The maximum absolute atomic E-state index is 13.4. The van der Waals surface area contributed by atoms with Crippen molar-refractivity contribution in [1.82, 2.24) is 0 Å². The molecule has 21 heavy (non-hydrogen) atoms. The summed E-state index contributed by atoms with van der Waals surface area (Å²) in [5.74, 6) is -1.11. The smallest absolute Gasteiger partial charge is 0.417 e. The number of ether oxygens (including phenoxy) is 1. The predicted molar refractivity (Wildman–Crippen MR) is 72.6 cm³/mol. The van der Waals surface area contributed by atoms with Crippen molar-refractivity contribution in [1.29, 1.82) is 0 Å². The van der Waals surface area contributed by atoms with Gasteiger partial charge in [0.05, 0.1) is 18.2 Å². The first-order valence-corrected chi connectivity index (χ1v) is 5.99. The molecule has 0 bridgehead atoms. The van der Waals surface area contributed by atoms with Crippen molar-refractivity contribution in [2.24, 2.45) is 0 Å². The van der Waals surface area contributed by atoms with E-state index in [1.807, 2.05) is 0 Å². The fraction of sp³-hybridized carbons (Fsp3) is 0.133. The number of hydrogen-bond acceptors (Lipinski definition) is 3. The van der Waals surface area contributed by atoms with Gasteiger partial charge in [0.1, 0.15) is 0 Å². The van der Waals surface area contributed by atoms with Crippen LogP contribution in [0, 0.1) is 0 Å². The maximum atomic E-state index is 13.4. The lowest BCUT2D eigenvalue weighted by Crippen LogP contribution is -2.18. The zero-order valence-electron chi connectivity index (χ0n) is 11.1. The van der Waals surface area contributed by atoms with Crippen molar-refractivity contribution >= 4 is 11.7 Å². The van der Waals surface area contributed by atoms with Crippen LogP contribution in [0.3, 0.4) is 0 Å². The molecule has 110 valence electrons. The summed E-state index contributed by atoms with van der Waals surface area (Å²) in [4.78, 5) is 11.7. The van der Waals surface area contributed by atoms with Gasteiger partial charge in [-0.1, -0.05) is 36.4 Å². The van der Waals surface area contributed by atoms with Gasteiger partial charge in [0, 0.05) is 5.69 Å². The maximum Gasteiger partial charge on any atom is 0.417 e. The second kappa shape index (κ2) is 5.47. The van der Waals surface area contributed by atoms with E-state index in [2.05, 4.69) is 4.74 Å². The quantitative estimate of drug-likeness (QED) is 0.678. The van der Waals surface area contributed by atoms with E-state index in [1.165, 1.54) is 24.3 Å². The summed E-state index contributed by atoms with van der Waals surface area (Å²) in [5.41, 5.74) is 3.76. The fourth-order valence-corrected chi connectivity index (χ4v) is 2.09. The van der Waals surface area contributed by atoms with Crippen LogP contribution in [0.2, 0.25) is 0 Å². The molecule has 2 aromatic rings. The minimum absolute atomic E-state index is 0.113. The Morgan fingerprint density at radius 2 is 1.71 bits per heavy atom. The van der Waals surface area contributed by atoms with E-state index in [9.17, 15) is 18.0 Å². The molecule has 3 nitrogen and oxygen atoms in total. The van der Waals surface area contributed by atoms with Gasteiger partial charge in [-0.15, -0.1) is 0 Å². The van der Waals surface area contributed by atoms with E-state index in [-0.39, 0.29) is 11.3 Å². The molecule has 0 amide bonds. The topological polar surface area (TPSA) is 52.3 Å². The van der Waals surface area contributed by atoms with Crippen molar-refractivity contribution in [3.63, 3.8) is 0 Å².